The van der Waals surface area contributed by atoms with Gasteiger partial charge in [-0.15, -0.1) is 57.1 Å². The van der Waals surface area contributed by atoms with E-state index in [0.29, 0.717) is 6.42 Å². The molecule has 10 rings (SSSR count). The van der Waals surface area contributed by atoms with E-state index in [2.05, 4.69) is 98.5 Å². The summed E-state index contributed by atoms with van der Waals surface area (Å²) in [6, 6.07) is -14.7. The number of cyclic esters (lactones) is 1. The lowest BCUT2D eigenvalue weighted by atomic mass is 9.70. The first kappa shape index (κ1) is 86.7. The zero-order valence-electron chi connectivity index (χ0n) is 63.5. The van der Waals surface area contributed by atoms with Gasteiger partial charge >= 0.3 is 5.97 Å². The second-order valence-electron chi connectivity index (χ2n) is 28.8. The van der Waals surface area contributed by atoms with Gasteiger partial charge in [-0.25, -0.2) is 19.9 Å². The molecule has 19 N–H and O–H groups in total. The number of aliphatic hydroxyl groups is 5. The van der Waals surface area contributed by atoms with Crippen LogP contribution in [-0.4, -0.2) is 217 Å². The molecular weight excluding hydrogens is 1580 g/mol. The number of hydrogen-bond acceptors (Lipinski definition) is 31. The normalized spacial score (nSPS) is 30.3. The van der Waals surface area contributed by atoms with Crippen molar-refractivity contribution in [1.82, 2.24) is 83.7 Å². The van der Waals surface area contributed by atoms with E-state index in [-0.39, 0.29) is 84.3 Å². The SMILES string of the molecule is C=C(NC(=O)C(=C)NC(=O)c1csc(C2=NC3c4csc(n4)C4NC(=O)c5csc(n5)C(C(C)(O)C(C)O)NC(=O)C5CSC(=N5)/C(=C\C)NC(=O)C(C(C)O)NC(=O)c5csc(n5)C3(CC2)NC(=O)C(C)NC(=O)C(=C)NC(=O)C(C)NC(=O)C(C(C)CC)NC2C=CC3C(C(C)O)CC(NC3C2O)C(=O)OC4C)n1)C(N)=O. The van der Waals surface area contributed by atoms with Crippen molar-refractivity contribution in [2.75, 3.05) is 5.75 Å². The summed E-state index contributed by atoms with van der Waals surface area (Å²) in [5.74, 6) is -13.0. The van der Waals surface area contributed by atoms with Crippen LogP contribution in [0.2, 0.25) is 0 Å². The molecule has 1 saturated heterocycles. The van der Waals surface area contributed by atoms with Crippen LogP contribution in [0.4, 0.5) is 0 Å². The molecule has 21 atom stereocenters. The van der Waals surface area contributed by atoms with Gasteiger partial charge in [-0.3, -0.25) is 78.2 Å². The largest absolute Gasteiger partial charge is 0.459 e. The number of ether oxygens (including phenoxy) is 1. The zero-order valence-corrected chi connectivity index (χ0v) is 67.6. The Kier molecular flexibility index (Phi) is 27.4. The monoisotopic (exact) mass is 1670 g/mol. The highest BCUT2D eigenvalue weighted by molar-refractivity contribution is 8.14. The van der Waals surface area contributed by atoms with E-state index < -0.39 is 214 Å². The van der Waals surface area contributed by atoms with Gasteiger partial charge in [0.15, 0.2) is 0 Å². The number of hydrogen-bond donors (Lipinski definition) is 18. The number of piperidine rings is 1. The molecule has 612 valence electrons. The maximum absolute atomic E-state index is 15.4. The molecule has 6 aliphatic rings. The minimum Gasteiger partial charge on any atom is -0.459 e. The Labute approximate surface area is 673 Å². The van der Waals surface area contributed by atoms with Crippen molar-refractivity contribution in [2.24, 2.45) is 33.5 Å². The van der Waals surface area contributed by atoms with Crippen LogP contribution in [0.25, 0.3) is 0 Å². The topological polar surface area (TPSA) is 562 Å². The number of nitrogens with one attached hydrogen (secondary N) is 12. The number of thiazole rings is 4. The highest BCUT2D eigenvalue weighted by atomic mass is 32.2. The minimum atomic E-state index is -2.19. The number of rotatable bonds is 12. The van der Waals surface area contributed by atoms with Gasteiger partial charge in [-0.2, -0.15) is 0 Å². The quantitative estimate of drug-likeness (QED) is 0.0470. The summed E-state index contributed by atoms with van der Waals surface area (Å²) in [4.78, 5) is 199. The van der Waals surface area contributed by atoms with Crippen LogP contribution >= 0.6 is 57.1 Å². The van der Waals surface area contributed by atoms with Gasteiger partial charge in [0.05, 0.1) is 70.7 Å². The fourth-order valence-corrected chi connectivity index (χ4v) is 18.3. The van der Waals surface area contributed by atoms with Gasteiger partial charge < -0.3 is 89.2 Å². The number of primary amides is 1. The Hall–Kier alpha value is -9.73. The maximum atomic E-state index is 15.4. The number of allylic oxidation sites excluding steroid dienone is 1. The summed E-state index contributed by atoms with van der Waals surface area (Å²) in [5, 5.41) is 96.2. The van der Waals surface area contributed by atoms with Crippen LogP contribution in [0.15, 0.2) is 92.3 Å². The van der Waals surface area contributed by atoms with Crippen LogP contribution in [0.5, 0.6) is 0 Å². The molecule has 37 nitrogen and oxygen atoms in total. The van der Waals surface area contributed by atoms with E-state index in [4.69, 9.17) is 25.4 Å². The number of carbonyl (C=O) groups is 12. The number of thioether (sulfide) groups is 1. The predicted octanol–water partition coefficient (Wildman–Crippen LogP) is -0.774. The van der Waals surface area contributed by atoms with Crippen molar-refractivity contribution >= 4 is 139 Å². The standard InChI is InChI=1S/C72H91N19O18S5/c1-14-26(3)47-63(105)78-30(7)57(99)75-28(5)56(98)76-31(8)58(100)91-72-19-18-40(66-85-43(22-111-66)59(101)77-29(6)55(97)74-27(4)54(73)96)81-52(72)42-21-112-67(83-42)49(34(11)109-69(107)41-20-37(32(9)92)36-16-17-39(79-47)51(95)50(36)80-41)89-60(102)44-24-113-68(86-44)53(71(13,108)35(12)94)90-62(104)45-23-110-65(84-45)38(15-2)82-64(106)48(33(10)93)88-61(103)46-25-114-70(72)87-46/h15-17,21-22,24-26,30-37,39,41,45,47-53,79-80,92-95,108H,4-6,14,18-20,23H2,1-3,7-13H3,(H2,73,96)(H,74,97)(H,75,99)(H,76,98)(H,77,101)(H,78,105)(H,82,106)(H,88,103)(H,89,102)(H,90,104)(H,91,100)/b38-15+. The number of aliphatic imine (C=N–C) groups is 2. The number of fused-ring (bicyclic) bond motifs is 7. The second kappa shape index (κ2) is 36.0. The second-order valence-corrected chi connectivity index (χ2v) is 33.3. The molecule has 11 amide bonds. The first-order valence-electron chi connectivity index (χ1n) is 36.3. The van der Waals surface area contributed by atoms with Crippen molar-refractivity contribution in [3.8, 4) is 0 Å². The van der Waals surface area contributed by atoms with Gasteiger partial charge in [-0.05, 0) is 86.5 Å². The highest BCUT2D eigenvalue weighted by Crippen LogP contribution is 2.48. The number of aliphatic hydroxyl groups excluding tert-OH is 4. The fourth-order valence-electron chi connectivity index (χ4n) is 13.4. The van der Waals surface area contributed by atoms with Crippen molar-refractivity contribution in [3.05, 3.63) is 125 Å². The predicted molar refractivity (Wildman–Crippen MR) is 419 cm³/mol. The Morgan fingerprint density at radius 2 is 1.44 bits per heavy atom. The van der Waals surface area contributed by atoms with Crippen LogP contribution in [0.3, 0.4) is 0 Å². The van der Waals surface area contributed by atoms with E-state index in [1.165, 1.54) is 76.1 Å². The highest BCUT2D eigenvalue weighted by Gasteiger charge is 2.53. The lowest BCUT2D eigenvalue weighted by Gasteiger charge is -2.48. The van der Waals surface area contributed by atoms with Gasteiger partial charge in [0, 0.05) is 39.2 Å². The molecular formula is C72H91N19O18S5. The Balaban J connectivity index is 1.16. The van der Waals surface area contributed by atoms with Gasteiger partial charge in [-0.1, -0.05) is 58.2 Å². The summed E-state index contributed by atoms with van der Waals surface area (Å²) in [6.45, 7) is 25.3. The number of esters is 1. The third kappa shape index (κ3) is 18.9. The average molecular weight is 1670 g/mol. The van der Waals surface area contributed by atoms with Crippen LogP contribution in [0, 0.1) is 17.8 Å². The molecule has 0 radical (unpaired) electrons. The molecule has 4 aromatic heterocycles. The Bertz CT molecular complexity index is 4640. The smallest absolute Gasteiger partial charge is 0.323 e. The number of amides is 11. The third-order valence-corrected chi connectivity index (χ3v) is 25.4. The zero-order chi connectivity index (χ0) is 83.4. The molecule has 1 aliphatic carbocycles. The van der Waals surface area contributed by atoms with E-state index in [9.17, 15) is 68.7 Å². The average Bonchev–Trinajstić information content (AvgIpc) is 1.50. The molecule has 0 spiro atoms. The summed E-state index contributed by atoms with van der Waals surface area (Å²) < 4.78 is 6.40. The molecule has 21 unspecified atom stereocenters. The van der Waals surface area contributed by atoms with Crippen molar-refractivity contribution in [1.29, 1.82) is 0 Å². The number of aromatic nitrogens is 4. The van der Waals surface area contributed by atoms with E-state index in [1.54, 1.807) is 26.0 Å². The molecule has 0 aromatic carbocycles. The molecule has 42 heteroatoms. The van der Waals surface area contributed by atoms with Gasteiger partial charge in [0.25, 0.3) is 35.4 Å². The first-order valence-corrected chi connectivity index (χ1v) is 40.8. The molecule has 4 aromatic rings. The molecule has 13 bridgehead atoms. The number of nitrogens with zero attached hydrogens (tertiary/aromatic N) is 6. The first-order chi connectivity index (χ1) is 53.7. The van der Waals surface area contributed by atoms with Gasteiger partial charge in [0.1, 0.15) is 108 Å². The summed E-state index contributed by atoms with van der Waals surface area (Å²) in [7, 11) is 0. The molecule has 114 heavy (non-hydrogen) atoms. The summed E-state index contributed by atoms with van der Waals surface area (Å²) in [6.07, 6.45) is -2.23. The van der Waals surface area contributed by atoms with E-state index in [1.807, 2.05) is 6.92 Å². The van der Waals surface area contributed by atoms with Crippen molar-refractivity contribution < 1.29 is 87.8 Å². The van der Waals surface area contributed by atoms with Crippen molar-refractivity contribution in [2.45, 2.75) is 203 Å². The van der Waals surface area contributed by atoms with Crippen LogP contribution in [0.1, 0.15) is 170 Å². The van der Waals surface area contributed by atoms with Crippen molar-refractivity contribution in [3.63, 3.8) is 0 Å². The number of carbonyl (C=O) groups excluding carboxylic acids is 12. The third-order valence-electron chi connectivity index (χ3n) is 20.6. The molecule has 5 aliphatic heterocycles. The van der Waals surface area contributed by atoms with E-state index in [0.717, 1.165) is 57.1 Å². The molecule has 9 heterocycles. The number of nitrogens with two attached hydrogens (primary N) is 1. The Morgan fingerprint density at radius 3 is 2.11 bits per heavy atom. The van der Waals surface area contributed by atoms with E-state index >= 15 is 14.4 Å². The van der Waals surface area contributed by atoms with Gasteiger partial charge in [0.2, 0.25) is 29.5 Å². The van der Waals surface area contributed by atoms with Crippen LogP contribution < -0.4 is 69.5 Å². The lowest BCUT2D eigenvalue weighted by Crippen LogP contribution is -2.67. The maximum Gasteiger partial charge on any atom is 0.323 e. The molecule has 1 fully saturated rings. The lowest BCUT2D eigenvalue weighted by molar-refractivity contribution is -0.155. The van der Waals surface area contributed by atoms with Crippen LogP contribution in [-0.2, 0) is 53.4 Å². The molecule has 0 saturated carbocycles. The Morgan fingerprint density at radius 1 is 0.754 bits per heavy atom. The summed E-state index contributed by atoms with van der Waals surface area (Å²) >= 11 is 4.51. The fraction of sp³-hybridized carbons (Fsp3) is 0.500. The summed E-state index contributed by atoms with van der Waals surface area (Å²) in [5.41, 5.74) is -1.37. The minimum absolute atomic E-state index is 0.00707.